The monoisotopic (exact) mass is 319 g/mol. The van der Waals surface area contributed by atoms with Crippen molar-refractivity contribution in [2.75, 3.05) is 11.9 Å². The summed E-state index contributed by atoms with van der Waals surface area (Å²) in [5.41, 5.74) is 2.19. The number of carbonyl (C=O) groups excluding carboxylic acids is 1. The standard InChI is InChI=1S/C20H33NO2/c1-6-16(3)17-11-13-18(14-12-17)21-15-9-8-10-19(22)23-20(4,5)7-2/h11-14,16,21H,6-10,15H2,1-5H3. The molecular formula is C20H33NO2. The number of unbranched alkanes of at least 4 members (excludes halogenated alkanes) is 1. The lowest BCUT2D eigenvalue weighted by Crippen LogP contribution is -2.26. The van der Waals surface area contributed by atoms with Gasteiger partial charge in [-0.3, -0.25) is 4.79 Å². The third-order valence-electron chi connectivity index (χ3n) is 4.47. The summed E-state index contributed by atoms with van der Waals surface area (Å²) in [5, 5.41) is 3.41. The van der Waals surface area contributed by atoms with Crippen molar-refractivity contribution in [3.63, 3.8) is 0 Å². The van der Waals surface area contributed by atoms with Crippen LogP contribution in [0.2, 0.25) is 0 Å². The van der Waals surface area contributed by atoms with Gasteiger partial charge in [0.1, 0.15) is 5.60 Å². The Kier molecular flexibility index (Phi) is 8.15. The SMILES string of the molecule is CCC(C)c1ccc(NCCCCC(=O)OC(C)(C)CC)cc1. The molecule has 1 N–H and O–H groups in total. The van der Waals surface area contributed by atoms with Gasteiger partial charge in [0, 0.05) is 18.7 Å². The van der Waals surface area contributed by atoms with Gasteiger partial charge in [0.2, 0.25) is 0 Å². The maximum atomic E-state index is 11.7. The van der Waals surface area contributed by atoms with Gasteiger partial charge in [-0.15, -0.1) is 0 Å². The van der Waals surface area contributed by atoms with E-state index in [1.54, 1.807) is 0 Å². The molecular weight excluding hydrogens is 286 g/mol. The number of nitrogens with one attached hydrogen (secondary N) is 1. The second kappa shape index (κ2) is 9.59. The molecule has 3 heteroatoms. The summed E-state index contributed by atoms with van der Waals surface area (Å²) in [4.78, 5) is 11.7. The van der Waals surface area contributed by atoms with Crippen LogP contribution in [0.3, 0.4) is 0 Å². The molecule has 1 rings (SSSR count). The molecule has 3 nitrogen and oxygen atoms in total. The maximum absolute atomic E-state index is 11.7. The zero-order valence-corrected chi connectivity index (χ0v) is 15.4. The van der Waals surface area contributed by atoms with Crippen molar-refractivity contribution in [3.8, 4) is 0 Å². The van der Waals surface area contributed by atoms with Gasteiger partial charge in [-0.25, -0.2) is 0 Å². The highest BCUT2D eigenvalue weighted by Crippen LogP contribution is 2.20. The van der Waals surface area contributed by atoms with Gasteiger partial charge in [0.25, 0.3) is 0 Å². The van der Waals surface area contributed by atoms with Crippen molar-refractivity contribution in [1.82, 2.24) is 0 Å². The lowest BCUT2D eigenvalue weighted by atomic mass is 9.99. The van der Waals surface area contributed by atoms with Crippen LogP contribution >= 0.6 is 0 Å². The molecule has 0 saturated carbocycles. The minimum atomic E-state index is -0.341. The Labute approximate surface area is 141 Å². The molecule has 1 unspecified atom stereocenters. The van der Waals surface area contributed by atoms with Gasteiger partial charge in [-0.2, -0.15) is 0 Å². The number of hydrogen-bond acceptors (Lipinski definition) is 3. The van der Waals surface area contributed by atoms with Gasteiger partial charge in [0.15, 0.2) is 0 Å². The number of carbonyl (C=O) groups is 1. The predicted molar refractivity (Wildman–Crippen MR) is 98.0 cm³/mol. The van der Waals surface area contributed by atoms with Crippen LogP contribution in [0.1, 0.15) is 78.2 Å². The molecule has 0 bridgehead atoms. The molecule has 1 atom stereocenters. The van der Waals surface area contributed by atoms with Crippen LogP contribution in [0.15, 0.2) is 24.3 Å². The van der Waals surface area contributed by atoms with Crippen LogP contribution in [0.4, 0.5) is 5.69 Å². The van der Waals surface area contributed by atoms with E-state index in [1.807, 2.05) is 20.8 Å². The van der Waals surface area contributed by atoms with Gasteiger partial charge in [-0.1, -0.05) is 32.9 Å². The van der Waals surface area contributed by atoms with Crippen molar-refractivity contribution in [3.05, 3.63) is 29.8 Å². The molecule has 0 fully saturated rings. The average molecular weight is 319 g/mol. The number of benzene rings is 1. The number of rotatable bonds is 10. The third-order valence-corrected chi connectivity index (χ3v) is 4.47. The van der Waals surface area contributed by atoms with Gasteiger partial charge >= 0.3 is 5.97 Å². The fraction of sp³-hybridized carbons (Fsp3) is 0.650. The normalized spacial score (nSPS) is 12.7. The Hall–Kier alpha value is -1.51. The van der Waals surface area contributed by atoms with Crippen molar-refractivity contribution in [1.29, 1.82) is 0 Å². The zero-order valence-electron chi connectivity index (χ0n) is 15.4. The molecule has 1 aromatic rings. The summed E-state index contributed by atoms with van der Waals surface area (Å²) >= 11 is 0. The van der Waals surface area contributed by atoms with Crippen molar-refractivity contribution >= 4 is 11.7 Å². The second-order valence-electron chi connectivity index (χ2n) is 6.90. The van der Waals surface area contributed by atoms with Crippen molar-refractivity contribution in [2.45, 2.75) is 78.2 Å². The Morgan fingerprint density at radius 1 is 1.17 bits per heavy atom. The van der Waals surface area contributed by atoms with E-state index in [2.05, 4.69) is 43.4 Å². The molecule has 0 aliphatic heterocycles. The van der Waals surface area contributed by atoms with Crippen molar-refractivity contribution in [2.24, 2.45) is 0 Å². The highest BCUT2D eigenvalue weighted by molar-refractivity contribution is 5.69. The molecule has 23 heavy (non-hydrogen) atoms. The Morgan fingerprint density at radius 3 is 2.39 bits per heavy atom. The summed E-state index contributed by atoms with van der Waals surface area (Å²) in [6.45, 7) is 11.3. The molecule has 0 aromatic heterocycles. The zero-order chi connectivity index (χ0) is 17.3. The average Bonchev–Trinajstić information content (AvgIpc) is 2.54. The smallest absolute Gasteiger partial charge is 0.306 e. The van der Waals surface area contributed by atoms with E-state index < -0.39 is 0 Å². The fourth-order valence-electron chi connectivity index (χ4n) is 2.22. The summed E-state index contributed by atoms with van der Waals surface area (Å²) in [6, 6.07) is 8.67. The first-order chi connectivity index (χ1) is 10.9. The van der Waals surface area contributed by atoms with Gasteiger partial charge in [0.05, 0.1) is 0 Å². The highest BCUT2D eigenvalue weighted by Gasteiger charge is 2.19. The van der Waals surface area contributed by atoms with Crippen LogP contribution < -0.4 is 5.32 Å². The molecule has 0 amide bonds. The minimum absolute atomic E-state index is 0.0882. The van der Waals surface area contributed by atoms with Crippen LogP contribution in [0.25, 0.3) is 0 Å². The van der Waals surface area contributed by atoms with E-state index in [1.165, 1.54) is 5.56 Å². The first-order valence-corrected chi connectivity index (χ1v) is 8.93. The number of ether oxygens (including phenoxy) is 1. The quantitative estimate of drug-likeness (QED) is 0.456. The van der Waals surface area contributed by atoms with E-state index in [9.17, 15) is 4.79 Å². The predicted octanol–water partition coefficient (Wildman–Crippen LogP) is 5.51. The van der Waals surface area contributed by atoms with Gasteiger partial charge in [-0.05, 0) is 63.1 Å². The molecule has 0 heterocycles. The van der Waals surface area contributed by atoms with Crippen molar-refractivity contribution < 1.29 is 9.53 Å². The van der Waals surface area contributed by atoms with E-state index in [-0.39, 0.29) is 11.6 Å². The fourth-order valence-corrected chi connectivity index (χ4v) is 2.22. The first kappa shape index (κ1) is 19.5. The van der Waals surface area contributed by atoms with E-state index in [0.717, 1.165) is 37.9 Å². The molecule has 0 spiro atoms. The Balaban J connectivity index is 2.21. The number of esters is 1. The van der Waals surface area contributed by atoms with E-state index >= 15 is 0 Å². The molecule has 0 aliphatic carbocycles. The van der Waals surface area contributed by atoms with Crippen LogP contribution in [0.5, 0.6) is 0 Å². The highest BCUT2D eigenvalue weighted by atomic mass is 16.6. The summed E-state index contributed by atoms with van der Waals surface area (Å²) in [6.07, 6.45) is 4.33. The largest absolute Gasteiger partial charge is 0.460 e. The molecule has 130 valence electrons. The van der Waals surface area contributed by atoms with E-state index in [0.29, 0.717) is 12.3 Å². The Morgan fingerprint density at radius 2 is 1.83 bits per heavy atom. The molecule has 0 radical (unpaired) electrons. The molecule has 1 aromatic carbocycles. The number of anilines is 1. The number of hydrogen-bond donors (Lipinski definition) is 1. The van der Waals surface area contributed by atoms with Crippen LogP contribution in [0, 0.1) is 0 Å². The van der Waals surface area contributed by atoms with Crippen LogP contribution in [-0.2, 0) is 9.53 Å². The first-order valence-electron chi connectivity index (χ1n) is 8.93. The minimum Gasteiger partial charge on any atom is -0.460 e. The lowest BCUT2D eigenvalue weighted by Gasteiger charge is -2.23. The third kappa shape index (κ3) is 7.54. The lowest BCUT2D eigenvalue weighted by molar-refractivity contribution is -0.156. The maximum Gasteiger partial charge on any atom is 0.306 e. The molecule has 0 aliphatic rings. The van der Waals surface area contributed by atoms with Crippen LogP contribution in [-0.4, -0.2) is 18.1 Å². The molecule has 0 saturated heterocycles. The summed E-state index contributed by atoms with van der Waals surface area (Å²) in [5.74, 6) is 0.525. The summed E-state index contributed by atoms with van der Waals surface area (Å²) in [7, 11) is 0. The second-order valence-corrected chi connectivity index (χ2v) is 6.90. The topological polar surface area (TPSA) is 38.3 Å². The van der Waals surface area contributed by atoms with Gasteiger partial charge < -0.3 is 10.1 Å². The Bertz CT molecular complexity index is 465. The van der Waals surface area contributed by atoms with E-state index in [4.69, 9.17) is 4.74 Å². The summed E-state index contributed by atoms with van der Waals surface area (Å²) < 4.78 is 5.44.